The van der Waals surface area contributed by atoms with Gasteiger partial charge in [-0.15, -0.1) is 0 Å². The molecule has 31 heavy (non-hydrogen) atoms. The summed E-state index contributed by atoms with van der Waals surface area (Å²) in [4.78, 5) is 26.5. The van der Waals surface area contributed by atoms with Crippen LogP contribution in [0.3, 0.4) is 0 Å². The van der Waals surface area contributed by atoms with Crippen molar-refractivity contribution >= 4 is 44.2 Å². The summed E-state index contributed by atoms with van der Waals surface area (Å²) in [6.07, 6.45) is 0.909. The van der Waals surface area contributed by atoms with Crippen LogP contribution in [0.25, 0.3) is 32.3 Å². The molecule has 4 rings (SSSR count). The molecule has 0 saturated heterocycles. The number of esters is 1. The third kappa shape index (κ3) is 3.60. The van der Waals surface area contributed by atoms with Gasteiger partial charge in [0.2, 0.25) is 0 Å². The van der Waals surface area contributed by atoms with Crippen LogP contribution in [0.1, 0.15) is 57.8 Å². The summed E-state index contributed by atoms with van der Waals surface area (Å²) in [7, 11) is 0. The van der Waals surface area contributed by atoms with Gasteiger partial charge in [0.1, 0.15) is 11.1 Å². The molecule has 4 heteroatoms. The average molecular weight is 416 g/mol. The standard InChI is InChI=1S/C27H29NO3/c1-6-27(7-2,25(30)31-26(3,4)5)28-24(29)21-16-14-19-12-11-17-9-8-10-18-13-15-20(21)23(19)22(17)18/h8-16H,6-7H2,1-5H3,(H,28,29). The van der Waals surface area contributed by atoms with Crippen molar-refractivity contribution in [2.45, 2.75) is 58.6 Å². The summed E-state index contributed by atoms with van der Waals surface area (Å²) < 4.78 is 5.65. The van der Waals surface area contributed by atoms with Gasteiger partial charge in [0.05, 0.1) is 0 Å². The molecule has 4 aromatic carbocycles. The fourth-order valence-electron chi connectivity index (χ4n) is 4.36. The first-order valence-electron chi connectivity index (χ1n) is 10.9. The third-order valence-electron chi connectivity index (χ3n) is 6.12. The van der Waals surface area contributed by atoms with E-state index in [1.807, 2.05) is 58.9 Å². The predicted molar refractivity (Wildman–Crippen MR) is 127 cm³/mol. The second-order valence-corrected chi connectivity index (χ2v) is 9.21. The van der Waals surface area contributed by atoms with Crippen molar-refractivity contribution in [3.05, 3.63) is 60.2 Å². The second kappa shape index (κ2) is 7.52. The monoisotopic (exact) mass is 415 g/mol. The molecule has 0 spiro atoms. The molecule has 4 nitrogen and oxygen atoms in total. The lowest BCUT2D eigenvalue weighted by molar-refractivity contribution is -0.163. The Bertz CT molecular complexity index is 1260. The maximum absolute atomic E-state index is 13.5. The Morgan fingerprint density at radius 3 is 1.94 bits per heavy atom. The highest BCUT2D eigenvalue weighted by Crippen LogP contribution is 2.36. The number of carbonyl (C=O) groups is 2. The van der Waals surface area contributed by atoms with Crippen LogP contribution in [0.2, 0.25) is 0 Å². The van der Waals surface area contributed by atoms with Gasteiger partial charge in [-0.3, -0.25) is 4.79 Å². The number of carbonyl (C=O) groups excluding carboxylic acids is 2. The molecular weight excluding hydrogens is 386 g/mol. The van der Waals surface area contributed by atoms with Gasteiger partial charge in [-0.25, -0.2) is 4.79 Å². The molecule has 1 N–H and O–H groups in total. The largest absolute Gasteiger partial charge is 0.458 e. The quantitative estimate of drug-likeness (QED) is 0.311. The van der Waals surface area contributed by atoms with Gasteiger partial charge in [-0.05, 0) is 72.0 Å². The summed E-state index contributed by atoms with van der Waals surface area (Å²) in [5.41, 5.74) is -1.11. The number of benzene rings is 4. The van der Waals surface area contributed by atoms with Crippen LogP contribution in [0.5, 0.6) is 0 Å². The van der Waals surface area contributed by atoms with Crippen molar-refractivity contribution < 1.29 is 14.3 Å². The maximum atomic E-state index is 13.5. The molecule has 1 amide bonds. The highest BCUT2D eigenvalue weighted by atomic mass is 16.6. The van der Waals surface area contributed by atoms with E-state index < -0.39 is 17.1 Å². The fourth-order valence-corrected chi connectivity index (χ4v) is 4.36. The van der Waals surface area contributed by atoms with E-state index in [1.165, 1.54) is 0 Å². The Balaban J connectivity index is 1.80. The lowest BCUT2D eigenvalue weighted by Crippen LogP contribution is -2.55. The molecule has 0 bridgehead atoms. The molecule has 0 unspecified atom stereocenters. The zero-order valence-corrected chi connectivity index (χ0v) is 18.8. The summed E-state index contributed by atoms with van der Waals surface area (Å²) in [6, 6.07) is 18.3. The normalized spacial score (nSPS) is 12.5. The van der Waals surface area contributed by atoms with Crippen LogP contribution >= 0.6 is 0 Å². The Kier molecular flexibility index (Phi) is 5.12. The fraction of sp³-hybridized carbons (Fsp3) is 0.333. The van der Waals surface area contributed by atoms with Gasteiger partial charge in [-0.2, -0.15) is 0 Å². The first-order valence-corrected chi connectivity index (χ1v) is 10.9. The summed E-state index contributed by atoms with van der Waals surface area (Å²) >= 11 is 0. The molecular formula is C27H29NO3. The Labute approximate surface area is 182 Å². The van der Waals surface area contributed by atoms with Crippen LogP contribution in [-0.2, 0) is 9.53 Å². The Morgan fingerprint density at radius 1 is 0.806 bits per heavy atom. The number of hydrogen-bond acceptors (Lipinski definition) is 3. The highest BCUT2D eigenvalue weighted by Gasteiger charge is 2.40. The summed E-state index contributed by atoms with van der Waals surface area (Å²) in [6.45, 7) is 9.31. The van der Waals surface area contributed by atoms with Gasteiger partial charge in [0, 0.05) is 5.56 Å². The number of nitrogens with one attached hydrogen (secondary N) is 1. The minimum absolute atomic E-state index is 0.257. The van der Waals surface area contributed by atoms with Gasteiger partial charge < -0.3 is 10.1 Å². The lowest BCUT2D eigenvalue weighted by Gasteiger charge is -2.33. The maximum Gasteiger partial charge on any atom is 0.332 e. The zero-order valence-electron chi connectivity index (χ0n) is 18.8. The SMILES string of the molecule is CCC(CC)(NC(=O)c1ccc2ccc3cccc4ccc1c2c34)C(=O)OC(C)(C)C. The molecule has 160 valence electrons. The van der Waals surface area contributed by atoms with Crippen LogP contribution in [0, 0.1) is 0 Å². The lowest BCUT2D eigenvalue weighted by atomic mass is 9.89. The third-order valence-corrected chi connectivity index (χ3v) is 6.12. The van der Waals surface area contributed by atoms with Gasteiger partial charge in [0.15, 0.2) is 0 Å². The number of hydrogen-bond donors (Lipinski definition) is 1. The van der Waals surface area contributed by atoms with Crippen molar-refractivity contribution in [3.8, 4) is 0 Å². The average Bonchev–Trinajstić information content (AvgIpc) is 2.74. The molecule has 0 atom stereocenters. The molecule has 0 saturated carbocycles. The Morgan fingerprint density at radius 2 is 1.35 bits per heavy atom. The molecule has 0 radical (unpaired) electrons. The van der Waals surface area contributed by atoms with E-state index in [2.05, 4.69) is 35.6 Å². The highest BCUT2D eigenvalue weighted by molar-refractivity contribution is 6.26. The molecule has 0 fully saturated rings. The number of amides is 1. The van der Waals surface area contributed by atoms with Crippen molar-refractivity contribution in [2.75, 3.05) is 0 Å². The van der Waals surface area contributed by atoms with Crippen molar-refractivity contribution in [3.63, 3.8) is 0 Å². The van der Waals surface area contributed by atoms with Gasteiger partial charge in [0.25, 0.3) is 5.91 Å². The topological polar surface area (TPSA) is 55.4 Å². The van der Waals surface area contributed by atoms with Gasteiger partial charge in [-0.1, -0.05) is 62.4 Å². The first-order chi connectivity index (χ1) is 14.7. The molecule has 0 aliphatic carbocycles. The van der Waals surface area contributed by atoms with E-state index in [-0.39, 0.29) is 5.91 Å². The van der Waals surface area contributed by atoms with Crippen LogP contribution in [0.15, 0.2) is 54.6 Å². The molecule has 0 heterocycles. The molecule has 0 aliphatic rings. The number of rotatable bonds is 5. The molecule has 0 aliphatic heterocycles. The van der Waals surface area contributed by atoms with Crippen molar-refractivity contribution in [1.82, 2.24) is 5.32 Å². The van der Waals surface area contributed by atoms with E-state index in [4.69, 9.17) is 4.74 Å². The Hall–Kier alpha value is -3.14. The minimum atomic E-state index is -1.06. The van der Waals surface area contributed by atoms with Gasteiger partial charge >= 0.3 is 5.97 Å². The number of ether oxygens (including phenoxy) is 1. The first kappa shape index (κ1) is 21.1. The van der Waals surface area contributed by atoms with E-state index in [0.717, 1.165) is 32.3 Å². The van der Waals surface area contributed by atoms with E-state index in [1.54, 1.807) is 0 Å². The summed E-state index contributed by atoms with van der Waals surface area (Å²) in [5.74, 6) is -0.649. The van der Waals surface area contributed by atoms with Crippen LogP contribution in [-0.4, -0.2) is 23.0 Å². The predicted octanol–water partition coefficient (Wildman–Crippen LogP) is 6.21. The van der Waals surface area contributed by atoms with Crippen LogP contribution < -0.4 is 5.32 Å². The van der Waals surface area contributed by atoms with E-state index in [0.29, 0.717) is 18.4 Å². The minimum Gasteiger partial charge on any atom is -0.458 e. The summed E-state index contributed by atoms with van der Waals surface area (Å²) in [5, 5.41) is 9.57. The zero-order chi connectivity index (χ0) is 22.4. The van der Waals surface area contributed by atoms with E-state index in [9.17, 15) is 9.59 Å². The second-order valence-electron chi connectivity index (χ2n) is 9.21. The van der Waals surface area contributed by atoms with Crippen LogP contribution in [0.4, 0.5) is 0 Å². The molecule has 4 aromatic rings. The van der Waals surface area contributed by atoms with Crippen molar-refractivity contribution in [1.29, 1.82) is 0 Å². The van der Waals surface area contributed by atoms with Crippen molar-refractivity contribution in [2.24, 2.45) is 0 Å². The molecule has 0 aromatic heterocycles. The smallest absolute Gasteiger partial charge is 0.332 e. The van der Waals surface area contributed by atoms with E-state index >= 15 is 0 Å².